The predicted molar refractivity (Wildman–Crippen MR) is 80.5 cm³/mol. The molecule has 2 rings (SSSR count). The van der Waals surface area contributed by atoms with Gasteiger partial charge in [0.05, 0.1) is 0 Å². The van der Waals surface area contributed by atoms with E-state index in [0.29, 0.717) is 18.2 Å². The zero-order chi connectivity index (χ0) is 14.6. The van der Waals surface area contributed by atoms with E-state index in [1.165, 1.54) is 44.9 Å². The quantitative estimate of drug-likeness (QED) is 0.913. The van der Waals surface area contributed by atoms with Crippen LogP contribution in [0.2, 0.25) is 0 Å². The van der Waals surface area contributed by atoms with Crippen molar-refractivity contribution in [1.29, 1.82) is 0 Å². The highest BCUT2D eigenvalue weighted by Gasteiger charge is 2.25. The van der Waals surface area contributed by atoms with Crippen molar-refractivity contribution in [2.24, 2.45) is 11.1 Å². The average Bonchev–Trinajstić information content (AvgIpc) is 2.75. The van der Waals surface area contributed by atoms with E-state index in [1.807, 2.05) is 0 Å². The van der Waals surface area contributed by atoms with Crippen molar-refractivity contribution < 1.29 is 4.52 Å². The standard InChI is InChI=1S/C16H29N3O/c1-16(2,3)13(17)11-14-18-15(19-20-14)12-9-7-5-4-6-8-10-12/h12-13H,4-11,17H2,1-3H3. The van der Waals surface area contributed by atoms with Gasteiger partial charge in [0.15, 0.2) is 5.82 Å². The van der Waals surface area contributed by atoms with Gasteiger partial charge in [-0.1, -0.05) is 58.0 Å². The summed E-state index contributed by atoms with van der Waals surface area (Å²) in [5.74, 6) is 2.09. The minimum absolute atomic E-state index is 0.0492. The zero-order valence-electron chi connectivity index (χ0n) is 13.2. The van der Waals surface area contributed by atoms with Crippen molar-refractivity contribution in [2.75, 3.05) is 0 Å². The maximum Gasteiger partial charge on any atom is 0.228 e. The summed E-state index contributed by atoms with van der Waals surface area (Å²) in [6.07, 6.45) is 9.71. The van der Waals surface area contributed by atoms with Crippen LogP contribution in [0.25, 0.3) is 0 Å². The molecule has 0 bridgehead atoms. The van der Waals surface area contributed by atoms with Gasteiger partial charge in [-0.05, 0) is 18.3 Å². The fraction of sp³-hybridized carbons (Fsp3) is 0.875. The number of rotatable bonds is 3. The second-order valence-electron chi connectivity index (χ2n) is 7.26. The summed E-state index contributed by atoms with van der Waals surface area (Å²) in [5, 5.41) is 4.21. The van der Waals surface area contributed by atoms with Crippen molar-refractivity contribution in [3.8, 4) is 0 Å². The second-order valence-corrected chi connectivity index (χ2v) is 7.26. The Labute approximate surface area is 122 Å². The second kappa shape index (κ2) is 6.70. The number of hydrogen-bond acceptors (Lipinski definition) is 4. The fourth-order valence-electron chi connectivity index (χ4n) is 2.73. The summed E-state index contributed by atoms with van der Waals surface area (Å²) in [6.45, 7) is 6.43. The Balaban J connectivity index is 1.97. The molecule has 2 N–H and O–H groups in total. The van der Waals surface area contributed by atoms with Crippen LogP contribution in [-0.4, -0.2) is 16.2 Å². The van der Waals surface area contributed by atoms with Gasteiger partial charge >= 0.3 is 0 Å². The third kappa shape index (κ3) is 4.30. The molecule has 1 saturated carbocycles. The van der Waals surface area contributed by atoms with E-state index in [0.717, 1.165) is 5.82 Å². The molecule has 0 aliphatic heterocycles. The molecule has 0 radical (unpaired) electrons. The van der Waals surface area contributed by atoms with Crippen LogP contribution >= 0.6 is 0 Å². The van der Waals surface area contributed by atoms with Crippen LogP contribution < -0.4 is 5.73 Å². The Bertz CT molecular complexity index is 400. The molecule has 4 heteroatoms. The molecule has 114 valence electrons. The van der Waals surface area contributed by atoms with E-state index in [9.17, 15) is 0 Å². The molecule has 1 aliphatic carbocycles. The van der Waals surface area contributed by atoms with Gasteiger partial charge in [0, 0.05) is 18.4 Å². The highest BCUT2D eigenvalue weighted by Crippen LogP contribution is 2.29. The van der Waals surface area contributed by atoms with Crippen LogP contribution in [0.4, 0.5) is 0 Å². The molecule has 4 nitrogen and oxygen atoms in total. The molecular formula is C16H29N3O. The first-order valence-electron chi connectivity index (χ1n) is 8.05. The van der Waals surface area contributed by atoms with Crippen molar-refractivity contribution in [1.82, 2.24) is 10.1 Å². The summed E-state index contributed by atoms with van der Waals surface area (Å²) in [4.78, 5) is 4.60. The lowest BCUT2D eigenvalue weighted by Crippen LogP contribution is -2.37. The number of nitrogens with two attached hydrogens (primary N) is 1. The van der Waals surface area contributed by atoms with Crippen LogP contribution in [-0.2, 0) is 6.42 Å². The smallest absolute Gasteiger partial charge is 0.228 e. The normalized spacial score (nSPS) is 20.4. The average molecular weight is 279 g/mol. The van der Waals surface area contributed by atoms with Crippen LogP contribution in [0.1, 0.15) is 83.3 Å². The van der Waals surface area contributed by atoms with Gasteiger partial charge in [-0.15, -0.1) is 0 Å². The maximum atomic E-state index is 6.19. The monoisotopic (exact) mass is 279 g/mol. The maximum absolute atomic E-state index is 6.19. The van der Waals surface area contributed by atoms with E-state index in [-0.39, 0.29) is 11.5 Å². The minimum atomic E-state index is 0.0492. The minimum Gasteiger partial charge on any atom is -0.339 e. The number of hydrogen-bond donors (Lipinski definition) is 1. The highest BCUT2D eigenvalue weighted by molar-refractivity contribution is 4.98. The molecule has 1 fully saturated rings. The Morgan fingerprint density at radius 2 is 1.75 bits per heavy atom. The first-order valence-corrected chi connectivity index (χ1v) is 8.05. The molecule has 1 aromatic rings. The molecule has 1 aliphatic rings. The summed E-state index contributed by atoms with van der Waals surface area (Å²) in [6, 6.07) is 0.0492. The van der Waals surface area contributed by atoms with Gasteiger partial charge in [0.2, 0.25) is 5.89 Å². The molecule has 1 heterocycles. The van der Waals surface area contributed by atoms with Crippen LogP contribution in [0, 0.1) is 5.41 Å². The molecular weight excluding hydrogens is 250 g/mol. The first kappa shape index (κ1) is 15.5. The van der Waals surface area contributed by atoms with E-state index < -0.39 is 0 Å². The summed E-state index contributed by atoms with van der Waals surface area (Å²) >= 11 is 0. The van der Waals surface area contributed by atoms with E-state index in [4.69, 9.17) is 10.3 Å². The molecule has 0 saturated heterocycles. The molecule has 0 spiro atoms. The lowest BCUT2D eigenvalue weighted by Gasteiger charge is -2.25. The Hall–Kier alpha value is -0.900. The van der Waals surface area contributed by atoms with Crippen molar-refractivity contribution >= 4 is 0 Å². The van der Waals surface area contributed by atoms with Gasteiger partial charge in [-0.25, -0.2) is 0 Å². The first-order chi connectivity index (χ1) is 9.47. The molecule has 1 atom stereocenters. The van der Waals surface area contributed by atoms with E-state index >= 15 is 0 Å². The topological polar surface area (TPSA) is 64.9 Å². The van der Waals surface area contributed by atoms with E-state index in [2.05, 4.69) is 30.9 Å². The van der Waals surface area contributed by atoms with Crippen LogP contribution in [0.3, 0.4) is 0 Å². The SMILES string of the molecule is CC(C)(C)C(N)Cc1nc(C2CCCCCCC2)no1. The molecule has 20 heavy (non-hydrogen) atoms. The van der Waals surface area contributed by atoms with Crippen molar-refractivity contribution in [2.45, 2.75) is 84.1 Å². The largest absolute Gasteiger partial charge is 0.339 e. The van der Waals surface area contributed by atoms with Gasteiger partial charge in [0.25, 0.3) is 0 Å². The summed E-state index contributed by atoms with van der Waals surface area (Å²) < 4.78 is 5.41. The highest BCUT2D eigenvalue weighted by atomic mass is 16.5. The molecule has 0 amide bonds. The van der Waals surface area contributed by atoms with Crippen LogP contribution in [0.5, 0.6) is 0 Å². The van der Waals surface area contributed by atoms with Gasteiger partial charge < -0.3 is 10.3 Å². The Kier molecular flexibility index (Phi) is 5.19. The van der Waals surface area contributed by atoms with Gasteiger partial charge in [-0.2, -0.15) is 4.98 Å². The van der Waals surface area contributed by atoms with Gasteiger partial charge in [-0.3, -0.25) is 0 Å². The molecule has 0 aromatic carbocycles. The van der Waals surface area contributed by atoms with Crippen molar-refractivity contribution in [3.63, 3.8) is 0 Å². The van der Waals surface area contributed by atoms with E-state index in [1.54, 1.807) is 0 Å². The van der Waals surface area contributed by atoms with Crippen LogP contribution in [0.15, 0.2) is 4.52 Å². The lowest BCUT2D eigenvalue weighted by atomic mass is 9.85. The predicted octanol–water partition coefficient (Wildman–Crippen LogP) is 3.81. The fourth-order valence-corrected chi connectivity index (χ4v) is 2.73. The van der Waals surface area contributed by atoms with Gasteiger partial charge in [0.1, 0.15) is 0 Å². The third-order valence-electron chi connectivity index (χ3n) is 4.46. The lowest BCUT2D eigenvalue weighted by molar-refractivity contribution is 0.285. The van der Waals surface area contributed by atoms with Crippen molar-refractivity contribution in [3.05, 3.63) is 11.7 Å². The third-order valence-corrected chi connectivity index (χ3v) is 4.46. The zero-order valence-corrected chi connectivity index (χ0v) is 13.2. The number of aromatic nitrogens is 2. The number of nitrogens with zero attached hydrogens (tertiary/aromatic N) is 2. The summed E-state index contributed by atoms with van der Waals surface area (Å²) in [7, 11) is 0. The molecule has 1 unspecified atom stereocenters. The summed E-state index contributed by atoms with van der Waals surface area (Å²) in [5.41, 5.74) is 6.25. The molecule has 1 aromatic heterocycles. The Morgan fingerprint density at radius 3 is 2.35 bits per heavy atom. The Morgan fingerprint density at radius 1 is 1.15 bits per heavy atom.